The van der Waals surface area contributed by atoms with E-state index in [9.17, 15) is 0 Å². The van der Waals surface area contributed by atoms with Crippen LogP contribution in [0.2, 0.25) is 0 Å². The summed E-state index contributed by atoms with van der Waals surface area (Å²) >= 11 is 0. The first kappa shape index (κ1) is 24.9. The Labute approximate surface area is 262 Å². The molecule has 0 saturated carbocycles. The zero-order valence-corrected chi connectivity index (χ0v) is 25.4. The van der Waals surface area contributed by atoms with E-state index in [0.29, 0.717) is 0 Å². The Morgan fingerprint density at radius 2 is 0.956 bits per heavy atom. The van der Waals surface area contributed by atoms with E-state index in [1.165, 1.54) is 98.4 Å². The molecule has 0 radical (unpaired) electrons. The molecule has 0 heteroatoms. The molecule has 45 heavy (non-hydrogen) atoms. The largest absolute Gasteiger partial charge is 0.0616 e. The monoisotopic (exact) mass is 570 g/mol. The summed E-state index contributed by atoms with van der Waals surface area (Å²) in [5, 5.41) is 13.2. The van der Waals surface area contributed by atoms with E-state index in [4.69, 9.17) is 0 Å². The van der Waals surface area contributed by atoms with Crippen molar-refractivity contribution >= 4 is 53.9 Å². The maximum Gasteiger partial charge on any atom is 0.0165 e. The quantitative estimate of drug-likeness (QED) is 0.181. The molecule has 0 fully saturated rings. The van der Waals surface area contributed by atoms with Crippen LogP contribution in [0.1, 0.15) is 25.0 Å². The van der Waals surface area contributed by atoms with E-state index >= 15 is 0 Å². The molecular weight excluding hydrogens is 540 g/mol. The summed E-state index contributed by atoms with van der Waals surface area (Å²) in [5.74, 6) is 0. The lowest BCUT2D eigenvalue weighted by Gasteiger charge is -2.26. The number of rotatable bonds is 2. The third kappa shape index (κ3) is 3.43. The molecule has 210 valence electrons. The van der Waals surface area contributed by atoms with Gasteiger partial charge in [0.15, 0.2) is 0 Å². The molecule has 0 amide bonds. The molecule has 1 aliphatic rings. The Balaban J connectivity index is 1.20. The van der Waals surface area contributed by atoms with Gasteiger partial charge in [0.05, 0.1) is 0 Å². The number of benzene rings is 9. The molecule has 0 spiro atoms. The SMILES string of the molecule is CC1(C)c2cc(-c3cc4ccc5cccc6ccc(c3)c4c56)ccc2-c2c1c(-c1ccc3ccccc3c1)cc1ccccc21. The number of fused-ring (bicyclic) bond motifs is 6. The maximum absolute atomic E-state index is 2.47. The van der Waals surface area contributed by atoms with Crippen LogP contribution in [0, 0.1) is 0 Å². The fourth-order valence-corrected chi connectivity index (χ4v) is 8.37. The smallest absolute Gasteiger partial charge is 0.0165 e. The predicted molar refractivity (Wildman–Crippen MR) is 194 cm³/mol. The summed E-state index contributed by atoms with van der Waals surface area (Å²) in [5.41, 5.74) is 10.6. The summed E-state index contributed by atoms with van der Waals surface area (Å²) in [6, 6.07) is 54.7. The molecule has 0 aliphatic heterocycles. The minimum Gasteiger partial charge on any atom is -0.0616 e. The van der Waals surface area contributed by atoms with Gasteiger partial charge in [-0.2, -0.15) is 0 Å². The summed E-state index contributed by atoms with van der Waals surface area (Å²) < 4.78 is 0. The number of hydrogen-bond donors (Lipinski definition) is 0. The molecular formula is C45H30. The van der Waals surface area contributed by atoms with Crippen molar-refractivity contribution in [3.05, 3.63) is 157 Å². The Morgan fingerprint density at radius 3 is 1.73 bits per heavy atom. The molecule has 9 aromatic carbocycles. The van der Waals surface area contributed by atoms with Gasteiger partial charge in [-0.15, -0.1) is 0 Å². The van der Waals surface area contributed by atoms with Crippen LogP contribution in [0.5, 0.6) is 0 Å². The van der Waals surface area contributed by atoms with Crippen LogP contribution >= 0.6 is 0 Å². The standard InChI is InChI=1S/C45H30/c1-45(2)40-26-31(36-23-34-18-15-28-11-7-12-29-16-19-35(24-36)42(34)41(28)29)20-21-38(40)43-37-13-6-5-10-32(37)25-39(44(43)45)33-17-14-27-8-3-4-9-30(27)22-33/h3-26H,1-2H3. The second-order valence-electron chi connectivity index (χ2n) is 13.4. The first-order chi connectivity index (χ1) is 22.0. The number of hydrogen-bond acceptors (Lipinski definition) is 0. The minimum atomic E-state index is -0.165. The zero-order chi connectivity index (χ0) is 29.9. The highest BCUT2D eigenvalue weighted by Crippen LogP contribution is 2.55. The van der Waals surface area contributed by atoms with Crippen molar-refractivity contribution in [1.29, 1.82) is 0 Å². The van der Waals surface area contributed by atoms with E-state index in [1.807, 2.05) is 0 Å². The van der Waals surface area contributed by atoms with E-state index in [1.54, 1.807) is 0 Å². The van der Waals surface area contributed by atoms with Gasteiger partial charge in [0.1, 0.15) is 0 Å². The third-order valence-corrected chi connectivity index (χ3v) is 10.5. The molecule has 0 nitrogen and oxygen atoms in total. The fraction of sp³-hybridized carbons (Fsp3) is 0.0667. The third-order valence-electron chi connectivity index (χ3n) is 10.5. The van der Waals surface area contributed by atoms with Crippen LogP contribution in [-0.4, -0.2) is 0 Å². The predicted octanol–water partition coefficient (Wildman–Crippen LogP) is 12.5. The Kier molecular flexibility index (Phi) is 4.88. The highest BCUT2D eigenvalue weighted by molar-refractivity contribution is 6.23. The fourth-order valence-electron chi connectivity index (χ4n) is 8.37. The van der Waals surface area contributed by atoms with Crippen molar-refractivity contribution in [2.24, 2.45) is 0 Å². The molecule has 0 heterocycles. The van der Waals surface area contributed by atoms with Crippen LogP contribution in [0.25, 0.3) is 87.2 Å². The second-order valence-corrected chi connectivity index (χ2v) is 13.4. The zero-order valence-electron chi connectivity index (χ0n) is 25.4. The average molecular weight is 571 g/mol. The van der Waals surface area contributed by atoms with Gasteiger partial charge in [0.2, 0.25) is 0 Å². The van der Waals surface area contributed by atoms with Gasteiger partial charge in [-0.1, -0.05) is 129 Å². The van der Waals surface area contributed by atoms with E-state index < -0.39 is 0 Å². The molecule has 1 aliphatic carbocycles. The molecule has 0 atom stereocenters. The molecule has 0 saturated heterocycles. The first-order valence-electron chi connectivity index (χ1n) is 15.9. The van der Waals surface area contributed by atoms with Crippen LogP contribution in [-0.2, 0) is 5.41 Å². The lowest BCUT2D eigenvalue weighted by molar-refractivity contribution is 0.663. The van der Waals surface area contributed by atoms with Gasteiger partial charge in [0.25, 0.3) is 0 Å². The summed E-state index contributed by atoms with van der Waals surface area (Å²) in [4.78, 5) is 0. The Morgan fingerprint density at radius 1 is 0.378 bits per heavy atom. The maximum atomic E-state index is 2.47. The van der Waals surface area contributed by atoms with E-state index in [-0.39, 0.29) is 5.41 Å². The van der Waals surface area contributed by atoms with Crippen molar-refractivity contribution in [2.45, 2.75) is 19.3 Å². The van der Waals surface area contributed by atoms with E-state index in [2.05, 4.69) is 159 Å². The second kappa shape index (κ2) is 8.80. The Bertz CT molecular complexity index is 2600. The topological polar surface area (TPSA) is 0 Å². The molecule has 0 bridgehead atoms. The van der Waals surface area contributed by atoms with Gasteiger partial charge in [-0.3, -0.25) is 0 Å². The molecule has 0 aromatic heterocycles. The minimum absolute atomic E-state index is 0.165. The van der Waals surface area contributed by atoms with Gasteiger partial charge < -0.3 is 0 Å². The molecule has 10 rings (SSSR count). The van der Waals surface area contributed by atoms with Gasteiger partial charge >= 0.3 is 0 Å². The summed E-state index contributed by atoms with van der Waals surface area (Å²) in [6.07, 6.45) is 0. The van der Waals surface area contributed by atoms with Gasteiger partial charge in [-0.05, 0) is 129 Å². The first-order valence-corrected chi connectivity index (χ1v) is 15.9. The molecule has 9 aromatic rings. The highest BCUT2D eigenvalue weighted by Gasteiger charge is 2.39. The molecule has 0 N–H and O–H groups in total. The van der Waals surface area contributed by atoms with Crippen molar-refractivity contribution in [3.8, 4) is 33.4 Å². The van der Waals surface area contributed by atoms with Crippen molar-refractivity contribution < 1.29 is 0 Å². The van der Waals surface area contributed by atoms with Crippen molar-refractivity contribution in [1.82, 2.24) is 0 Å². The van der Waals surface area contributed by atoms with Crippen LogP contribution in [0.4, 0.5) is 0 Å². The van der Waals surface area contributed by atoms with E-state index in [0.717, 1.165) is 0 Å². The molecule has 0 unspecified atom stereocenters. The van der Waals surface area contributed by atoms with Crippen molar-refractivity contribution in [2.75, 3.05) is 0 Å². The summed E-state index contributed by atoms with van der Waals surface area (Å²) in [7, 11) is 0. The lowest BCUT2D eigenvalue weighted by atomic mass is 9.77. The Hall–Kier alpha value is -5.46. The van der Waals surface area contributed by atoms with Crippen LogP contribution < -0.4 is 0 Å². The van der Waals surface area contributed by atoms with Crippen LogP contribution in [0.3, 0.4) is 0 Å². The lowest BCUT2D eigenvalue weighted by Crippen LogP contribution is -2.16. The van der Waals surface area contributed by atoms with Crippen molar-refractivity contribution in [3.63, 3.8) is 0 Å². The van der Waals surface area contributed by atoms with Gasteiger partial charge in [0, 0.05) is 5.41 Å². The highest BCUT2D eigenvalue weighted by atomic mass is 14.4. The normalized spacial score (nSPS) is 13.7. The summed E-state index contributed by atoms with van der Waals surface area (Å²) in [6.45, 7) is 4.84. The average Bonchev–Trinajstić information content (AvgIpc) is 3.33. The van der Waals surface area contributed by atoms with Crippen LogP contribution in [0.15, 0.2) is 146 Å². The van der Waals surface area contributed by atoms with Gasteiger partial charge in [-0.25, -0.2) is 0 Å².